The van der Waals surface area contributed by atoms with Crippen molar-refractivity contribution in [3.63, 3.8) is 0 Å². The van der Waals surface area contributed by atoms with E-state index in [0.29, 0.717) is 0 Å². The number of benzene rings is 5. The average Bonchev–Trinajstić information content (AvgIpc) is 3.07. The molecule has 0 radical (unpaired) electrons. The third kappa shape index (κ3) is 8.15. The molecule has 0 aromatic heterocycles. The Labute approximate surface area is 301 Å². The quantitative estimate of drug-likeness (QED) is 0.0579. The Morgan fingerprint density at radius 3 is 0.659 bits per heavy atom. The molecule has 0 bridgehead atoms. The van der Waals surface area contributed by atoms with Gasteiger partial charge in [0.25, 0.3) is 0 Å². The van der Waals surface area contributed by atoms with Crippen LogP contribution in [0.15, 0.2) is 91.0 Å². The molecule has 5 aromatic carbocycles. The molecule has 14 heteroatoms. The molecule has 0 saturated heterocycles. The van der Waals surface area contributed by atoms with Gasteiger partial charge < -0.3 is 4.57 Å². The van der Waals surface area contributed by atoms with Crippen LogP contribution < -0.4 is 15.9 Å². The van der Waals surface area contributed by atoms with Crippen molar-refractivity contribution in [2.75, 3.05) is 0 Å². The summed E-state index contributed by atoms with van der Waals surface area (Å²) in [6, 6.07) is 29.1. The van der Waals surface area contributed by atoms with Gasteiger partial charge in [-0.2, -0.15) is 0 Å². The molecule has 5 aromatic rings. The Hall–Kier alpha value is -1.31. The minimum absolute atomic E-state index is 0.664. The minimum atomic E-state index is -2.78. The number of halogens is 12. The molecule has 0 atom stereocenters. The number of hydrogen-bond acceptors (Lipinski definition) is 1. The van der Waals surface area contributed by atoms with Crippen LogP contribution in [0.25, 0.3) is 0 Å². The van der Waals surface area contributed by atoms with Gasteiger partial charge >= 0.3 is 0 Å². The molecular weight excluding hydrogens is 1070 g/mol. The SMILES string of the molecule is Fc1c(F)c(I)c(F)c(F)c1I.Fc1c(F)c(I)c(F)c(F)c1I.O=P(c1ccccc1)(c1ccccc1)c1ccccc1. The molecule has 0 heterocycles. The molecule has 0 N–H and O–H groups in total. The van der Waals surface area contributed by atoms with Crippen LogP contribution in [0, 0.1) is 60.8 Å². The maximum absolute atomic E-state index is 13.8. The zero-order valence-electron chi connectivity index (χ0n) is 21.6. The monoisotopic (exact) mass is 1080 g/mol. The van der Waals surface area contributed by atoms with Gasteiger partial charge in [-0.15, -0.1) is 0 Å². The summed E-state index contributed by atoms with van der Waals surface area (Å²) >= 11 is 4.81. The van der Waals surface area contributed by atoms with E-state index < -0.39 is 68.0 Å². The van der Waals surface area contributed by atoms with Gasteiger partial charge in [0.1, 0.15) is 0 Å². The maximum atomic E-state index is 13.8. The highest BCUT2D eigenvalue weighted by Crippen LogP contribution is 2.42. The summed E-state index contributed by atoms with van der Waals surface area (Å²) < 4.78 is 112. The van der Waals surface area contributed by atoms with Crippen LogP contribution in [0.5, 0.6) is 0 Å². The van der Waals surface area contributed by atoms with Crippen LogP contribution in [-0.4, -0.2) is 0 Å². The first-order valence-corrected chi connectivity index (χ1v) is 17.9. The highest BCUT2D eigenvalue weighted by Gasteiger charge is 2.29. The zero-order chi connectivity index (χ0) is 32.8. The van der Waals surface area contributed by atoms with Crippen molar-refractivity contribution in [3.8, 4) is 0 Å². The highest BCUT2D eigenvalue weighted by atomic mass is 127. The van der Waals surface area contributed by atoms with Crippen LogP contribution in [0.4, 0.5) is 35.1 Å². The fourth-order valence-corrected chi connectivity index (χ4v) is 8.08. The van der Waals surface area contributed by atoms with Crippen molar-refractivity contribution < 1.29 is 39.7 Å². The van der Waals surface area contributed by atoms with E-state index in [0.717, 1.165) is 15.9 Å². The third-order valence-corrected chi connectivity index (χ3v) is 12.5. The lowest BCUT2D eigenvalue weighted by atomic mass is 10.3. The molecule has 0 aliphatic carbocycles. The molecule has 5 rings (SSSR count). The fraction of sp³-hybridized carbons (Fsp3) is 0. The Kier molecular flexibility index (Phi) is 13.9. The summed E-state index contributed by atoms with van der Waals surface area (Å²) in [7, 11) is -2.78. The third-order valence-electron chi connectivity index (χ3n) is 5.67. The van der Waals surface area contributed by atoms with E-state index >= 15 is 0 Å². The molecule has 230 valence electrons. The maximum Gasteiger partial charge on any atom is 0.176 e. The van der Waals surface area contributed by atoms with Gasteiger partial charge in [-0.25, -0.2) is 35.1 Å². The van der Waals surface area contributed by atoms with Gasteiger partial charge in [0.05, 0.1) is 14.3 Å². The fourth-order valence-electron chi connectivity index (χ4n) is 3.52. The van der Waals surface area contributed by atoms with E-state index in [1.165, 1.54) is 90.4 Å². The summed E-state index contributed by atoms with van der Waals surface area (Å²) in [6.45, 7) is 0. The summed E-state index contributed by atoms with van der Waals surface area (Å²) in [5.74, 6) is -10.8. The van der Waals surface area contributed by atoms with Crippen LogP contribution in [0.3, 0.4) is 0 Å². The first-order chi connectivity index (χ1) is 20.7. The second-order valence-corrected chi connectivity index (χ2v) is 15.5. The Balaban J connectivity index is 0.000000192. The van der Waals surface area contributed by atoms with Gasteiger partial charge in [0.2, 0.25) is 0 Å². The summed E-state index contributed by atoms with van der Waals surface area (Å²) in [5.41, 5.74) is 0. The van der Waals surface area contributed by atoms with Crippen LogP contribution in [0.1, 0.15) is 0 Å². The van der Waals surface area contributed by atoms with Gasteiger partial charge in [0.15, 0.2) is 53.7 Å². The summed E-state index contributed by atoms with van der Waals surface area (Å²) in [5, 5.41) is 2.62. The highest BCUT2D eigenvalue weighted by molar-refractivity contribution is 14.1. The molecule has 0 spiro atoms. The minimum Gasteiger partial charge on any atom is -0.309 e. The normalized spacial score (nSPS) is 10.8. The zero-order valence-corrected chi connectivity index (χ0v) is 31.1. The van der Waals surface area contributed by atoms with E-state index in [1.807, 2.05) is 91.0 Å². The summed E-state index contributed by atoms with van der Waals surface area (Å²) in [4.78, 5) is 0. The van der Waals surface area contributed by atoms with E-state index in [4.69, 9.17) is 0 Å². The van der Waals surface area contributed by atoms with Crippen molar-refractivity contribution >= 4 is 113 Å². The largest absolute Gasteiger partial charge is 0.309 e. The van der Waals surface area contributed by atoms with Gasteiger partial charge in [0, 0.05) is 15.9 Å². The van der Waals surface area contributed by atoms with Gasteiger partial charge in [-0.05, 0) is 90.4 Å². The first-order valence-electron chi connectivity index (χ1n) is 11.9. The summed E-state index contributed by atoms with van der Waals surface area (Å²) in [6.07, 6.45) is 0. The van der Waals surface area contributed by atoms with Gasteiger partial charge in [-0.3, -0.25) is 0 Å². The Morgan fingerprint density at radius 2 is 0.500 bits per heavy atom. The topological polar surface area (TPSA) is 17.1 Å². The average molecular weight is 1080 g/mol. The first kappa shape index (κ1) is 37.2. The number of rotatable bonds is 3. The van der Waals surface area contributed by atoms with E-state index in [9.17, 15) is 39.7 Å². The van der Waals surface area contributed by atoms with Crippen molar-refractivity contribution in [1.82, 2.24) is 0 Å². The lowest BCUT2D eigenvalue weighted by molar-refractivity contribution is 0.437. The van der Waals surface area contributed by atoms with Crippen LogP contribution in [0.2, 0.25) is 0 Å². The number of hydrogen-bond donors (Lipinski definition) is 0. The molecule has 0 fully saturated rings. The van der Waals surface area contributed by atoms with Crippen molar-refractivity contribution in [2.24, 2.45) is 0 Å². The smallest absolute Gasteiger partial charge is 0.176 e. The van der Waals surface area contributed by atoms with Gasteiger partial charge in [-0.1, -0.05) is 91.0 Å². The molecule has 1 nitrogen and oxygen atoms in total. The molecule has 0 unspecified atom stereocenters. The Morgan fingerprint density at radius 1 is 0.341 bits per heavy atom. The predicted octanol–water partition coefficient (Wildman–Crippen LogP) is 10.2. The Bertz CT molecular complexity index is 1430. The predicted molar refractivity (Wildman–Crippen MR) is 189 cm³/mol. The van der Waals surface area contributed by atoms with E-state index in [2.05, 4.69) is 0 Å². The van der Waals surface area contributed by atoms with Crippen molar-refractivity contribution in [2.45, 2.75) is 0 Å². The van der Waals surface area contributed by atoms with E-state index in [1.54, 1.807) is 0 Å². The molecule has 0 aliphatic heterocycles. The molecule has 0 amide bonds. The molecule has 44 heavy (non-hydrogen) atoms. The second-order valence-electron chi connectivity index (χ2n) is 8.38. The molecule has 0 saturated carbocycles. The lowest BCUT2D eigenvalue weighted by Crippen LogP contribution is -2.24. The second kappa shape index (κ2) is 16.5. The van der Waals surface area contributed by atoms with Crippen LogP contribution >= 0.6 is 97.5 Å². The lowest BCUT2D eigenvalue weighted by Gasteiger charge is -2.19. The van der Waals surface area contributed by atoms with Crippen molar-refractivity contribution in [3.05, 3.63) is 152 Å². The molecule has 0 aliphatic rings. The van der Waals surface area contributed by atoms with Crippen LogP contribution in [-0.2, 0) is 4.57 Å². The van der Waals surface area contributed by atoms with Crippen molar-refractivity contribution in [1.29, 1.82) is 0 Å². The van der Waals surface area contributed by atoms with E-state index in [-0.39, 0.29) is 0 Å². The standard InChI is InChI=1S/C18H15OP.2C6F4I2/c19-20(16-10-4-1-5-11-16,17-12-6-2-7-13-17)18-14-8-3-9-15-18;2*7-1-2(8)6(12)4(10)3(9)5(1)11/h1-15H;;. The molecular formula is C30H15F8I4OP.